The van der Waals surface area contributed by atoms with Crippen LogP contribution in [-0.4, -0.2) is 29.4 Å². The maximum absolute atomic E-state index is 11.3. The predicted molar refractivity (Wildman–Crippen MR) is 62.2 cm³/mol. The minimum Gasteiger partial charge on any atom is -0.447 e. The number of carbonyl (C=O) groups excluding carboxylic acids is 1. The summed E-state index contributed by atoms with van der Waals surface area (Å²) >= 11 is 0. The van der Waals surface area contributed by atoms with Crippen LogP contribution in [0.2, 0.25) is 0 Å². The van der Waals surface area contributed by atoms with Crippen LogP contribution in [0.5, 0.6) is 0 Å². The maximum Gasteiger partial charge on any atom is 0.407 e. The van der Waals surface area contributed by atoms with E-state index in [9.17, 15) is 9.90 Å². The number of hydrogen-bond acceptors (Lipinski definition) is 3. The molecule has 1 saturated carbocycles. The van der Waals surface area contributed by atoms with E-state index in [0.717, 1.165) is 25.7 Å². The molecule has 0 aromatic heterocycles. The van der Waals surface area contributed by atoms with Crippen LogP contribution in [0.1, 0.15) is 46.5 Å². The first kappa shape index (κ1) is 13.3. The highest BCUT2D eigenvalue weighted by atomic mass is 16.6. The van der Waals surface area contributed by atoms with Gasteiger partial charge in [-0.3, -0.25) is 0 Å². The summed E-state index contributed by atoms with van der Waals surface area (Å²) in [7, 11) is 0. The minimum atomic E-state index is -0.734. The van der Waals surface area contributed by atoms with Gasteiger partial charge in [-0.05, 0) is 45.4 Å². The van der Waals surface area contributed by atoms with Crippen molar-refractivity contribution in [1.29, 1.82) is 0 Å². The molecule has 0 radical (unpaired) electrons. The van der Waals surface area contributed by atoms with Crippen LogP contribution in [0.15, 0.2) is 0 Å². The Morgan fingerprint density at radius 2 is 2.06 bits per heavy atom. The molecule has 1 rings (SSSR count). The van der Waals surface area contributed by atoms with Crippen molar-refractivity contribution in [2.24, 2.45) is 5.92 Å². The fraction of sp³-hybridized carbons (Fsp3) is 0.917. The largest absolute Gasteiger partial charge is 0.447 e. The van der Waals surface area contributed by atoms with Gasteiger partial charge in [0, 0.05) is 6.54 Å². The highest BCUT2D eigenvalue weighted by Crippen LogP contribution is 2.31. The minimum absolute atomic E-state index is 0.124. The average Bonchev–Trinajstić information content (AvgIpc) is 2.20. The molecular formula is C12H23NO3. The normalized spacial score (nSPS) is 30.2. The molecule has 2 N–H and O–H groups in total. The monoisotopic (exact) mass is 229 g/mol. The van der Waals surface area contributed by atoms with Gasteiger partial charge in [0.05, 0.1) is 11.7 Å². The van der Waals surface area contributed by atoms with Gasteiger partial charge < -0.3 is 15.2 Å². The van der Waals surface area contributed by atoms with Gasteiger partial charge in [-0.1, -0.05) is 6.92 Å². The van der Waals surface area contributed by atoms with Gasteiger partial charge in [0.15, 0.2) is 0 Å². The topological polar surface area (TPSA) is 58.6 Å². The lowest BCUT2D eigenvalue weighted by atomic mass is 9.79. The van der Waals surface area contributed by atoms with Crippen LogP contribution >= 0.6 is 0 Å². The van der Waals surface area contributed by atoms with Crippen LogP contribution in [0, 0.1) is 5.92 Å². The number of rotatable bonds is 3. The lowest BCUT2D eigenvalue weighted by molar-refractivity contribution is -0.00716. The second-order valence-electron chi connectivity index (χ2n) is 5.21. The summed E-state index contributed by atoms with van der Waals surface area (Å²) in [5, 5.41) is 12.8. The fourth-order valence-corrected chi connectivity index (χ4v) is 1.97. The van der Waals surface area contributed by atoms with Crippen LogP contribution in [0.3, 0.4) is 0 Å². The Labute approximate surface area is 97.4 Å². The number of aliphatic hydroxyl groups is 1. The van der Waals surface area contributed by atoms with Gasteiger partial charge in [0.2, 0.25) is 0 Å². The zero-order valence-electron chi connectivity index (χ0n) is 10.5. The van der Waals surface area contributed by atoms with Crippen molar-refractivity contribution in [1.82, 2.24) is 5.32 Å². The average molecular weight is 229 g/mol. The number of carbonyl (C=O) groups is 1. The molecule has 0 unspecified atom stereocenters. The molecule has 0 bridgehead atoms. The van der Waals surface area contributed by atoms with Crippen LogP contribution in [0.25, 0.3) is 0 Å². The smallest absolute Gasteiger partial charge is 0.407 e. The molecule has 4 heteroatoms. The zero-order valence-corrected chi connectivity index (χ0v) is 10.5. The SMILES string of the molecule is CC1CCC(O)(CNC(=O)OC(C)C)CC1. The summed E-state index contributed by atoms with van der Waals surface area (Å²) < 4.78 is 4.95. The van der Waals surface area contributed by atoms with E-state index >= 15 is 0 Å². The Morgan fingerprint density at radius 1 is 1.50 bits per heavy atom. The summed E-state index contributed by atoms with van der Waals surface area (Å²) in [4.78, 5) is 11.3. The molecule has 0 atom stereocenters. The molecule has 1 aliphatic rings. The van der Waals surface area contributed by atoms with Crippen LogP contribution in [0.4, 0.5) is 4.79 Å². The maximum atomic E-state index is 11.3. The second kappa shape index (κ2) is 5.53. The molecule has 1 aliphatic carbocycles. The van der Waals surface area contributed by atoms with Crippen molar-refractivity contribution in [3.63, 3.8) is 0 Å². The molecule has 0 saturated heterocycles. The number of amides is 1. The number of nitrogens with one attached hydrogen (secondary N) is 1. The van der Waals surface area contributed by atoms with Gasteiger partial charge in [0.1, 0.15) is 0 Å². The van der Waals surface area contributed by atoms with Crippen molar-refractivity contribution in [2.75, 3.05) is 6.54 Å². The molecule has 1 amide bonds. The highest BCUT2D eigenvalue weighted by molar-refractivity contribution is 5.67. The van der Waals surface area contributed by atoms with Crippen molar-refractivity contribution in [2.45, 2.75) is 58.2 Å². The standard InChI is InChI=1S/C12H23NO3/c1-9(2)16-11(14)13-8-12(15)6-4-10(3)5-7-12/h9-10,15H,4-8H2,1-3H3,(H,13,14). The van der Waals surface area contributed by atoms with Gasteiger partial charge in [0.25, 0.3) is 0 Å². The molecular weight excluding hydrogens is 206 g/mol. The molecule has 0 heterocycles. The van der Waals surface area contributed by atoms with E-state index < -0.39 is 11.7 Å². The third-order valence-electron chi connectivity index (χ3n) is 3.11. The number of alkyl carbamates (subject to hydrolysis) is 1. The number of ether oxygens (including phenoxy) is 1. The Kier molecular flexibility index (Phi) is 4.59. The quantitative estimate of drug-likeness (QED) is 0.778. The van der Waals surface area contributed by atoms with Crippen molar-refractivity contribution >= 4 is 6.09 Å². The third kappa shape index (κ3) is 4.39. The molecule has 0 aromatic carbocycles. The van der Waals surface area contributed by atoms with E-state index in [1.165, 1.54) is 0 Å². The van der Waals surface area contributed by atoms with Gasteiger partial charge in [-0.2, -0.15) is 0 Å². The molecule has 0 aromatic rings. The molecule has 94 valence electrons. The van der Waals surface area contributed by atoms with Crippen molar-refractivity contribution in [3.05, 3.63) is 0 Å². The molecule has 1 fully saturated rings. The summed E-state index contributed by atoms with van der Waals surface area (Å²) in [6.45, 7) is 6.10. The number of hydrogen-bond donors (Lipinski definition) is 2. The Morgan fingerprint density at radius 3 is 2.56 bits per heavy atom. The molecule has 4 nitrogen and oxygen atoms in total. The first-order valence-electron chi connectivity index (χ1n) is 6.08. The van der Waals surface area contributed by atoms with E-state index in [1.807, 2.05) is 0 Å². The second-order valence-corrected chi connectivity index (χ2v) is 5.21. The first-order valence-corrected chi connectivity index (χ1v) is 6.08. The molecule has 0 aliphatic heterocycles. The van der Waals surface area contributed by atoms with E-state index in [0.29, 0.717) is 12.5 Å². The zero-order chi connectivity index (χ0) is 12.2. The van der Waals surface area contributed by atoms with Crippen LogP contribution in [-0.2, 0) is 4.74 Å². The summed E-state index contributed by atoms with van der Waals surface area (Å²) in [6, 6.07) is 0. The highest BCUT2D eigenvalue weighted by Gasteiger charge is 2.32. The van der Waals surface area contributed by atoms with Gasteiger partial charge in [-0.25, -0.2) is 4.79 Å². The van der Waals surface area contributed by atoms with Crippen molar-refractivity contribution in [3.8, 4) is 0 Å². The lowest BCUT2D eigenvalue weighted by Gasteiger charge is -2.34. The third-order valence-corrected chi connectivity index (χ3v) is 3.11. The Hall–Kier alpha value is -0.770. The van der Waals surface area contributed by atoms with E-state index in [-0.39, 0.29) is 6.10 Å². The van der Waals surface area contributed by atoms with E-state index in [2.05, 4.69) is 12.2 Å². The predicted octanol–water partition coefficient (Wildman–Crippen LogP) is 2.06. The van der Waals surface area contributed by atoms with Crippen molar-refractivity contribution < 1.29 is 14.6 Å². The summed E-state index contributed by atoms with van der Waals surface area (Å²) in [5.74, 6) is 0.683. The van der Waals surface area contributed by atoms with E-state index in [1.54, 1.807) is 13.8 Å². The lowest BCUT2D eigenvalue weighted by Crippen LogP contribution is -2.45. The van der Waals surface area contributed by atoms with Gasteiger partial charge >= 0.3 is 6.09 Å². The Balaban J connectivity index is 2.28. The van der Waals surface area contributed by atoms with E-state index in [4.69, 9.17) is 4.74 Å². The van der Waals surface area contributed by atoms with Crippen LogP contribution < -0.4 is 5.32 Å². The molecule has 0 spiro atoms. The first-order chi connectivity index (χ1) is 7.41. The Bertz CT molecular complexity index is 232. The fourth-order valence-electron chi connectivity index (χ4n) is 1.97. The summed E-state index contributed by atoms with van der Waals surface area (Å²) in [5.41, 5.74) is -0.734. The molecule has 16 heavy (non-hydrogen) atoms. The van der Waals surface area contributed by atoms with Gasteiger partial charge in [-0.15, -0.1) is 0 Å². The summed E-state index contributed by atoms with van der Waals surface area (Å²) in [6.07, 6.45) is 3.00.